The van der Waals surface area contributed by atoms with Gasteiger partial charge in [0.05, 0.1) is 5.57 Å². The zero-order chi connectivity index (χ0) is 17.4. The van der Waals surface area contributed by atoms with E-state index in [0.717, 1.165) is 17.6 Å². The lowest BCUT2D eigenvalue weighted by Gasteiger charge is -2.13. The van der Waals surface area contributed by atoms with Crippen molar-refractivity contribution in [1.29, 1.82) is 0 Å². The summed E-state index contributed by atoms with van der Waals surface area (Å²) in [5.74, 6) is 0.0509. The molecule has 0 aliphatic rings. The zero-order valence-electron chi connectivity index (χ0n) is 14.2. The molecular formula is C19H25NO3. The third kappa shape index (κ3) is 5.42. The van der Waals surface area contributed by atoms with Gasteiger partial charge in [0.15, 0.2) is 5.75 Å². The van der Waals surface area contributed by atoms with Gasteiger partial charge in [0.25, 0.3) is 0 Å². The van der Waals surface area contributed by atoms with Crippen LogP contribution in [0, 0.1) is 0 Å². The fourth-order valence-corrected chi connectivity index (χ4v) is 1.80. The molecule has 0 saturated carbocycles. The van der Waals surface area contributed by atoms with E-state index in [4.69, 9.17) is 4.74 Å². The van der Waals surface area contributed by atoms with Crippen LogP contribution in [0.2, 0.25) is 0 Å². The van der Waals surface area contributed by atoms with Crippen LogP contribution in [-0.2, 0) is 4.79 Å². The lowest BCUT2D eigenvalue weighted by atomic mass is 10.0. The number of benzene rings is 1. The maximum atomic E-state index is 12.3. The Bertz CT molecular complexity index is 628. The third-order valence-corrected chi connectivity index (χ3v) is 3.56. The van der Waals surface area contributed by atoms with Crippen molar-refractivity contribution in [3.63, 3.8) is 0 Å². The molecule has 0 aliphatic carbocycles. The minimum absolute atomic E-state index is 0.282. The number of hydrogen-bond donors (Lipinski definition) is 2. The summed E-state index contributed by atoms with van der Waals surface area (Å²) in [5.41, 5.74) is 4.91. The molecule has 124 valence electrons. The molecule has 0 bridgehead atoms. The van der Waals surface area contributed by atoms with Crippen molar-refractivity contribution in [3.05, 3.63) is 59.7 Å². The molecule has 4 nitrogen and oxygen atoms in total. The van der Waals surface area contributed by atoms with E-state index >= 15 is 0 Å². The molecule has 0 atom stereocenters. The number of nitrogens with one attached hydrogen (secondary N) is 1. The van der Waals surface area contributed by atoms with Crippen molar-refractivity contribution in [1.82, 2.24) is 0 Å². The van der Waals surface area contributed by atoms with E-state index in [-0.39, 0.29) is 11.7 Å². The fraction of sp³-hybridized carbons (Fsp3) is 0.316. The molecule has 0 saturated heterocycles. The van der Waals surface area contributed by atoms with Gasteiger partial charge in [0, 0.05) is 0 Å². The summed E-state index contributed by atoms with van der Waals surface area (Å²) >= 11 is 0. The van der Waals surface area contributed by atoms with Crippen molar-refractivity contribution in [2.24, 2.45) is 0 Å². The number of ether oxygens (including phenoxy) is 1. The minimum Gasteiger partial charge on any atom is -0.421 e. The van der Waals surface area contributed by atoms with Crippen molar-refractivity contribution in [3.8, 4) is 5.75 Å². The molecular weight excluding hydrogens is 290 g/mol. The highest BCUT2D eigenvalue weighted by atomic mass is 16.5. The second-order valence-electron chi connectivity index (χ2n) is 5.60. The first kappa shape index (κ1) is 18.7. The molecule has 0 unspecified atom stereocenters. The third-order valence-electron chi connectivity index (χ3n) is 3.56. The molecule has 0 aliphatic heterocycles. The Morgan fingerprint density at radius 3 is 2.61 bits per heavy atom. The maximum absolute atomic E-state index is 12.3. The predicted molar refractivity (Wildman–Crippen MR) is 93.9 cm³/mol. The van der Waals surface area contributed by atoms with Gasteiger partial charge >= 0.3 is 5.97 Å². The molecule has 0 radical (unpaired) electrons. The molecule has 2 N–H and O–H groups in total. The van der Waals surface area contributed by atoms with Gasteiger partial charge < -0.3 is 4.74 Å². The normalized spacial score (nSPS) is 12.3. The SMILES string of the molecule is C=C/C(=C\C=C(/C)CC)C(=O)Oc1cc(C(C)C)ccc1NO. The van der Waals surface area contributed by atoms with E-state index in [1.807, 2.05) is 45.3 Å². The highest BCUT2D eigenvalue weighted by Gasteiger charge is 2.13. The van der Waals surface area contributed by atoms with Gasteiger partial charge in [-0.25, -0.2) is 4.79 Å². The molecule has 0 amide bonds. The van der Waals surface area contributed by atoms with Crippen LogP contribution in [-0.4, -0.2) is 11.2 Å². The predicted octanol–water partition coefficient (Wildman–Crippen LogP) is 4.99. The molecule has 1 aromatic carbocycles. The Labute approximate surface area is 138 Å². The van der Waals surface area contributed by atoms with Crippen molar-refractivity contribution in [2.45, 2.75) is 40.0 Å². The van der Waals surface area contributed by atoms with Gasteiger partial charge in [-0.3, -0.25) is 10.7 Å². The Hall–Kier alpha value is -2.33. The molecule has 23 heavy (non-hydrogen) atoms. The first-order valence-corrected chi connectivity index (χ1v) is 7.69. The molecule has 4 heteroatoms. The average Bonchev–Trinajstić information content (AvgIpc) is 2.54. The molecule has 0 spiro atoms. The first-order chi connectivity index (χ1) is 10.9. The van der Waals surface area contributed by atoms with Crippen LogP contribution in [0.25, 0.3) is 0 Å². The summed E-state index contributed by atoms with van der Waals surface area (Å²) in [6.07, 6.45) is 5.92. The second kappa shape index (κ2) is 8.96. The average molecular weight is 315 g/mol. The van der Waals surface area contributed by atoms with Crippen LogP contribution in [0.4, 0.5) is 5.69 Å². The molecule has 1 rings (SSSR count). The van der Waals surface area contributed by atoms with Gasteiger partial charge in [-0.2, -0.15) is 0 Å². The van der Waals surface area contributed by atoms with E-state index < -0.39 is 5.97 Å². The van der Waals surface area contributed by atoms with Crippen LogP contribution in [0.3, 0.4) is 0 Å². The van der Waals surface area contributed by atoms with Gasteiger partial charge in [0.1, 0.15) is 5.69 Å². The van der Waals surface area contributed by atoms with Gasteiger partial charge in [0.2, 0.25) is 0 Å². The largest absolute Gasteiger partial charge is 0.421 e. The van der Waals surface area contributed by atoms with Crippen LogP contribution >= 0.6 is 0 Å². The first-order valence-electron chi connectivity index (χ1n) is 7.69. The maximum Gasteiger partial charge on any atom is 0.343 e. The number of anilines is 1. The molecule has 0 heterocycles. The molecule has 0 fully saturated rings. The molecule has 1 aromatic rings. The van der Waals surface area contributed by atoms with Crippen LogP contribution in [0.15, 0.2) is 54.2 Å². The Morgan fingerprint density at radius 1 is 1.39 bits per heavy atom. The summed E-state index contributed by atoms with van der Waals surface area (Å²) in [7, 11) is 0. The summed E-state index contributed by atoms with van der Waals surface area (Å²) < 4.78 is 5.42. The van der Waals surface area contributed by atoms with E-state index in [9.17, 15) is 10.0 Å². The molecule has 0 aromatic heterocycles. The lowest BCUT2D eigenvalue weighted by Crippen LogP contribution is -2.11. The summed E-state index contributed by atoms with van der Waals surface area (Å²) in [4.78, 5) is 12.3. The zero-order valence-corrected chi connectivity index (χ0v) is 14.2. The highest BCUT2D eigenvalue weighted by Crippen LogP contribution is 2.29. The Kier molecular flexibility index (Phi) is 7.29. The number of rotatable bonds is 7. The quantitative estimate of drug-likeness (QED) is 0.245. The van der Waals surface area contributed by atoms with E-state index in [1.54, 1.807) is 18.2 Å². The van der Waals surface area contributed by atoms with Crippen molar-refractivity contribution in [2.75, 3.05) is 5.48 Å². The summed E-state index contributed by atoms with van der Waals surface area (Å²) in [6.45, 7) is 11.8. The number of carbonyl (C=O) groups excluding carboxylic acids is 1. The van der Waals surface area contributed by atoms with Crippen molar-refractivity contribution < 1.29 is 14.7 Å². The van der Waals surface area contributed by atoms with Crippen LogP contribution in [0.1, 0.15) is 45.6 Å². The lowest BCUT2D eigenvalue weighted by molar-refractivity contribution is -0.129. The smallest absolute Gasteiger partial charge is 0.343 e. The monoisotopic (exact) mass is 315 g/mol. The second-order valence-corrected chi connectivity index (χ2v) is 5.60. The van der Waals surface area contributed by atoms with Gasteiger partial charge in [-0.15, -0.1) is 0 Å². The highest BCUT2D eigenvalue weighted by molar-refractivity contribution is 5.94. The van der Waals surface area contributed by atoms with Gasteiger partial charge in [-0.1, -0.05) is 51.1 Å². The Balaban J connectivity index is 3.07. The van der Waals surface area contributed by atoms with Crippen molar-refractivity contribution >= 4 is 11.7 Å². The number of esters is 1. The van der Waals surface area contributed by atoms with Crippen LogP contribution < -0.4 is 10.2 Å². The number of carbonyl (C=O) groups is 1. The van der Waals surface area contributed by atoms with E-state index in [2.05, 4.69) is 6.58 Å². The summed E-state index contributed by atoms with van der Waals surface area (Å²) in [5, 5.41) is 9.18. The standard InChI is InChI=1S/C19H25NO3/c1-6-14(5)8-9-15(7-2)19(21)23-18-12-16(13(3)4)10-11-17(18)20-22/h7-13,20,22H,2,6H2,1,3-5H3/b14-8+,15-9+. The van der Waals surface area contributed by atoms with E-state index in [1.165, 1.54) is 6.08 Å². The topological polar surface area (TPSA) is 58.6 Å². The van der Waals surface area contributed by atoms with Gasteiger partial charge in [-0.05, 0) is 43.0 Å². The minimum atomic E-state index is -0.516. The van der Waals surface area contributed by atoms with Crippen LogP contribution in [0.5, 0.6) is 5.75 Å². The Morgan fingerprint density at radius 2 is 2.09 bits per heavy atom. The number of hydrogen-bond acceptors (Lipinski definition) is 4. The number of allylic oxidation sites excluding steroid dienone is 3. The fourth-order valence-electron chi connectivity index (χ4n) is 1.80. The van der Waals surface area contributed by atoms with E-state index in [0.29, 0.717) is 11.3 Å². The summed E-state index contributed by atoms with van der Waals surface area (Å²) in [6, 6.07) is 5.30.